The van der Waals surface area contributed by atoms with E-state index in [1.54, 1.807) is 53.4 Å². The third-order valence-corrected chi connectivity index (χ3v) is 6.55. The van der Waals surface area contributed by atoms with Crippen molar-refractivity contribution in [3.8, 4) is 5.75 Å². The molecule has 0 bridgehead atoms. The maximum atomic E-state index is 13.0. The van der Waals surface area contributed by atoms with Crippen LogP contribution in [0.15, 0.2) is 48.5 Å². The highest BCUT2D eigenvalue weighted by Crippen LogP contribution is 2.29. The van der Waals surface area contributed by atoms with Gasteiger partial charge in [0, 0.05) is 29.4 Å². The van der Waals surface area contributed by atoms with Gasteiger partial charge in [-0.2, -0.15) is 0 Å². The number of anilines is 2. The van der Waals surface area contributed by atoms with Crippen molar-refractivity contribution in [1.82, 2.24) is 15.2 Å². The Morgan fingerprint density at radius 3 is 2.43 bits per heavy atom. The number of thiazole rings is 1. The van der Waals surface area contributed by atoms with Crippen molar-refractivity contribution < 1.29 is 19.1 Å². The van der Waals surface area contributed by atoms with E-state index in [2.05, 4.69) is 20.9 Å². The Balaban J connectivity index is 1.38. The van der Waals surface area contributed by atoms with Crippen LogP contribution in [0.5, 0.6) is 5.75 Å². The molecule has 1 aliphatic rings. The zero-order chi connectivity index (χ0) is 26.5. The molecule has 2 heterocycles. The average molecular weight is 522 g/mol. The molecule has 10 heteroatoms. The second-order valence-electron chi connectivity index (χ2n) is 9.31. The summed E-state index contributed by atoms with van der Waals surface area (Å²) >= 11 is 1.34. The lowest BCUT2D eigenvalue weighted by Crippen LogP contribution is -2.35. The highest BCUT2D eigenvalue weighted by atomic mass is 32.1. The van der Waals surface area contributed by atoms with Crippen LogP contribution < -0.4 is 20.7 Å². The van der Waals surface area contributed by atoms with Crippen molar-refractivity contribution in [2.45, 2.75) is 52.8 Å². The fraction of sp³-hybridized carbons (Fsp3) is 0.333. The Kier molecular flexibility index (Phi) is 8.08. The number of urea groups is 1. The van der Waals surface area contributed by atoms with Crippen LogP contribution in [0.25, 0.3) is 0 Å². The van der Waals surface area contributed by atoms with Crippen molar-refractivity contribution in [3.05, 3.63) is 70.2 Å². The number of carbonyl (C=O) groups is 3. The monoisotopic (exact) mass is 521 g/mol. The van der Waals surface area contributed by atoms with E-state index in [-0.39, 0.29) is 24.0 Å². The molecule has 0 saturated carbocycles. The summed E-state index contributed by atoms with van der Waals surface area (Å²) in [6, 6.07) is 13.5. The first-order valence-electron chi connectivity index (χ1n) is 12.2. The van der Waals surface area contributed by atoms with Crippen LogP contribution >= 0.6 is 11.3 Å². The van der Waals surface area contributed by atoms with E-state index in [1.807, 2.05) is 27.7 Å². The molecule has 3 N–H and O–H groups in total. The molecule has 0 fully saturated rings. The van der Waals surface area contributed by atoms with Crippen molar-refractivity contribution in [3.63, 3.8) is 0 Å². The summed E-state index contributed by atoms with van der Waals surface area (Å²) in [7, 11) is 0. The van der Waals surface area contributed by atoms with E-state index < -0.39 is 6.03 Å². The first kappa shape index (κ1) is 26.2. The molecule has 1 aliphatic heterocycles. The lowest BCUT2D eigenvalue weighted by Gasteiger charge is -2.26. The third-order valence-electron chi connectivity index (χ3n) is 5.55. The Morgan fingerprint density at radius 1 is 1.00 bits per heavy atom. The molecule has 0 saturated heterocycles. The Bertz CT molecular complexity index is 1290. The average Bonchev–Trinajstić information content (AvgIpc) is 3.24. The Hall–Kier alpha value is -3.92. The van der Waals surface area contributed by atoms with E-state index >= 15 is 0 Å². The summed E-state index contributed by atoms with van der Waals surface area (Å²) in [5, 5.41) is 8.77. The number of para-hydroxylation sites is 1. The lowest BCUT2D eigenvalue weighted by atomic mass is 10.1. The Labute approximate surface area is 220 Å². The molecule has 0 spiro atoms. The molecule has 194 valence electrons. The number of ether oxygens (including phenoxy) is 1. The Morgan fingerprint density at radius 2 is 1.73 bits per heavy atom. The van der Waals surface area contributed by atoms with Gasteiger partial charge in [0.2, 0.25) is 0 Å². The van der Waals surface area contributed by atoms with Crippen LogP contribution in [0.4, 0.5) is 15.6 Å². The summed E-state index contributed by atoms with van der Waals surface area (Å²) in [5.41, 5.74) is 2.26. The first-order valence-corrected chi connectivity index (χ1v) is 13.0. The predicted molar refractivity (Wildman–Crippen MR) is 144 cm³/mol. The van der Waals surface area contributed by atoms with E-state index in [4.69, 9.17) is 4.74 Å². The summed E-state index contributed by atoms with van der Waals surface area (Å²) in [5.74, 6) is 0.410. The van der Waals surface area contributed by atoms with Crippen LogP contribution in [0.1, 0.15) is 59.0 Å². The molecule has 37 heavy (non-hydrogen) atoms. The molecule has 1 aromatic heterocycles. The lowest BCUT2D eigenvalue weighted by molar-refractivity contribution is 0.0736. The summed E-state index contributed by atoms with van der Waals surface area (Å²) in [4.78, 5) is 45.5. The maximum Gasteiger partial charge on any atom is 0.325 e. The smallest absolute Gasteiger partial charge is 0.325 e. The van der Waals surface area contributed by atoms with Gasteiger partial charge < -0.3 is 20.3 Å². The predicted octanol–water partition coefficient (Wildman–Crippen LogP) is 4.91. The number of benzene rings is 2. The van der Waals surface area contributed by atoms with E-state index in [0.29, 0.717) is 41.5 Å². The summed E-state index contributed by atoms with van der Waals surface area (Å²) in [6.07, 6.45) is 0.672. The molecule has 2 aromatic carbocycles. The number of carbonyl (C=O) groups excluding carboxylic acids is 3. The minimum atomic E-state index is -0.493. The van der Waals surface area contributed by atoms with Crippen LogP contribution in [-0.4, -0.2) is 46.4 Å². The van der Waals surface area contributed by atoms with E-state index in [0.717, 1.165) is 16.3 Å². The van der Waals surface area contributed by atoms with Crippen molar-refractivity contribution in [2.24, 2.45) is 0 Å². The highest BCUT2D eigenvalue weighted by molar-refractivity contribution is 7.15. The van der Waals surface area contributed by atoms with Gasteiger partial charge in [-0.15, -0.1) is 0 Å². The molecular formula is C27H31N5O4S. The second-order valence-corrected chi connectivity index (χ2v) is 10.4. The van der Waals surface area contributed by atoms with Crippen molar-refractivity contribution in [1.29, 1.82) is 0 Å². The van der Waals surface area contributed by atoms with Crippen molar-refractivity contribution >= 4 is 40.0 Å². The topological polar surface area (TPSA) is 113 Å². The molecule has 0 radical (unpaired) electrons. The molecule has 0 unspecified atom stereocenters. The summed E-state index contributed by atoms with van der Waals surface area (Å²) < 4.78 is 5.66. The number of aromatic nitrogens is 1. The first-order chi connectivity index (χ1) is 17.7. The highest BCUT2D eigenvalue weighted by Gasteiger charge is 2.25. The molecule has 4 amide bonds. The third kappa shape index (κ3) is 6.65. The molecule has 4 rings (SSSR count). The number of nitrogens with zero attached hydrogens (tertiary/aromatic N) is 2. The zero-order valence-corrected chi connectivity index (χ0v) is 22.1. The number of nitrogens with one attached hydrogen (secondary N) is 3. The van der Waals surface area contributed by atoms with Gasteiger partial charge in [-0.3, -0.25) is 14.9 Å². The molecule has 0 aliphatic carbocycles. The molecule has 0 atom stereocenters. The largest absolute Gasteiger partial charge is 0.491 e. The quantitative estimate of drug-likeness (QED) is 0.409. The van der Waals surface area contributed by atoms with E-state index in [1.165, 1.54) is 11.3 Å². The molecule has 3 aromatic rings. The SMILES string of the molecule is CC(C)NC(=O)c1ccccc1NC(=O)Nc1nc2c(s1)CN(C(=O)c1ccc(OC(C)C)cc1)CC2. The van der Waals surface area contributed by atoms with Crippen LogP contribution in [0, 0.1) is 0 Å². The fourth-order valence-corrected chi connectivity index (χ4v) is 4.95. The minimum Gasteiger partial charge on any atom is -0.491 e. The van der Waals surface area contributed by atoms with Gasteiger partial charge in [-0.1, -0.05) is 23.5 Å². The van der Waals surface area contributed by atoms with Crippen LogP contribution in [0.3, 0.4) is 0 Å². The summed E-state index contributed by atoms with van der Waals surface area (Å²) in [6.45, 7) is 8.63. The number of rotatable bonds is 7. The number of hydrogen-bond acceptors (Lipinski definition) is 6. The number of amides is 4. The van der Waals surface area contributed by atoms with Crippen molar-refractivity contribution in [2.75, 3.05) is 17.2 Å². The van der Waals surface area contributed by atoms with Gasteiger partial charge in [-0.25, -0.2) is 9.78 Å². The number of hydrogen-bond donors (Lipinski definition) is 3. The zero-order valence-electron chi connectivity index (χ0n) is 21.3. The van der Waals surface area contributed by atoms with Gasteiger partial charge in [-0.05, 0) is 64.1 Å². The van der Waals surface area contributed by atoms with Gasteiger partial charge in [0.25, 0.3) is 11.8 Å². The van der Waals surface area contributed by atoms with E-state index in [9.17, 15) is 14.4 Å². The second kappa shape index (κ2) is 11.4. The van der Waals surface area contributed by atoms with Gasteiger partial charge in [0.15, 0.2) is 5.13 Å². The molecular weight excluding hydrogens is 490 g/mol. The van der Waals surface area contributed by atoms with Gasteiger partial charge >= 0.3 is 6.03 Å². The minimum absolute atomic E-state index is 0.0271. The van der Waals surface area contributed by atoms with Gasteiger partial charge in [0.05, 0.1) is 29.6 Å². The number of fused-ring (bicyclic) bond motifs is 1. The van der Waals surface area contributed by atoms with Crippen LogP contribution in [0.2, 0.25) is 0 Å². The van der Waals surface area contributed by atoms with Crippen LogP contribution in [-0.2, 0) is 13.0 Å². The molecule has 9 nitrogen and oxygen atoms in total. The fourth-order valence-electron chi connectivity index (χ4n) is 3.93. The normalized spacial score (nSPS) is 12.8. The van der Waals surface area contributed by atoms with Gasteiger partial charge in [0.1, 0.15) is 5.75 Å². The standard InChI is InChI=1S/C27H31N5O4S/c1-16(2)28-24(33)20-7-5-6-8-21(20)29-26(35)31-27-30-22-13-14-32(15-23(22)37-27)25(34)18-9-11-19(12-10-18)36-17(3)4/h5-12,16-17H,13-15H2,1-4H3,(H,28,33)(H2,29,30,31,35). The maximum absolute atomic E-state index is 13.0.